The molecule has 0 bridgehead atoms. The lowest BCUT2D eigenvalue weighted by Gasteiger charge is -2.21. The van der Waals surface area contributed by atoms with E-state index in [9.17, 15) is 9.18 Å². The van der Waals surface area contributed by atoms with E-state index in [1.54, 1.807) is 12.1 Å². The molecule has 0 spiro atoms. The smallest absolute Gasteiger partial charge is 0.220 e. The number of amides is 1. The summed E-state index contributed by atoms with van der Waals surface area (Å²) in [5.41, 5.74) is 3.09. The molecule has 2 rings (SSSR count). The highest BCUT2D eigenvalue weighted by molar-refractivity contribution is 5.76. The Kier molecular flexibility index (Phi) is 6.70. The second-order valence-corrected chi connectivity index (χ2v) is 6.64. The van der Waals surface area contributed by atoms with Gasteiger partial charge in [0.2, 0.25) is 5.91 Å². The average Bonchev–Trinajstić information content (AvgIpc) is 2.89. The molecule has 2 aromatic rings. The van der Waals surface area contributed by atoms with Crippen molar-refractivity contribution in [2.75, 3.05) is 20.6 Å². The van der Waals surface area contributed by atoms with E-state index >= 15 is 0 Å². The third-order valence-corrected chi connectivity index (χ3v) is 4.43. The fraction of sp³-hybridized carbons (Fsp3) is 0.474. The van der Waals surface area contributed by atoms with Gasteiger partial charge in [-0.1, -0.05) is 12.1 Å². The zero-order chi connectivity index (χ0) is 18.4. The minimum absolute atomic E-state index is 0.00339. The van der Waals surface area contributed by atoms with Crippen LogP contribution in [0, 0.1) is 12.7 Å². The Balaban J connectivity index is 1.98. The van der Waals surface area contributed by atoms with Crippen molar-refractivity contribution in [2.45, 2.75) is 32.2 Å². The number of carbonyl (C=O) groups is 1. The Morgan fingerprint density at radius 3 is 2.56 bits per heavy atom. The summed E-state index contributed by atoms with van der Waals surface area (Å²) >= 11 is 0. The van der Waals surface area contributed by atoms with Crippen molar-refractivity contribution in [1.29, 1.82) is 0 Å². The fourth-order valence-corrected chi connectivity index (χ4v) is 2.71. The van der Waals surface area contributed by atoms with Crippen molar-refractivity contribution in [3.05, 3.63) is 53.1 Å². The number of benzene rings is 1. The molecular weight excluding hydrogens is 319 g/mol. The number of hydrogen-bond donors (Lipinski definition) is 1. The molecule has 1 amide bonds. The van der Waals surface area contributed by atoms with Crippen molar-refractivity contribution >= 4 is 5.91 Å². The minimum atomic E-state index is -0.270. The standard InChI is InChI=1S/C19H27FN4O/c1-14-16(13-21-24(14)4)7-10-19(25)22-18(11-12-23(2)3)15-5-8-17(20)9-6-15/h5-6,8-9,13,18H,7,10-12H2,1-4H3,(H,22,25). The number of aromatic nitrogens is 2. The Morgan fingerprint density at radius 1 is 1.32 bits per heavy atom. The third-order valence-electron chi connectivity index (χ3n) is 4.43. The second kappa shape index (κ2) is 8.76. The quantitative estimate of drug-likeness (QED) is 0.799. The van der Waals surface area contributed by atoms with Gasteiger partial charge in [0, 0.05) is 19.2 Å². The van der Waals surface area contributed by atoms with Crippen LogP contribution >= 0.6 is 0 Å². The van der Waals surface area contributed by atoms with Gasteiger partial charge in [-0.3, -0.25) is 9.48 Å². The molecule has 1 heterocycles. The van der Waals surface area contributed by atoms with Gasteiger partial charge in [-0.2, -0.15) is 5.10 Å². The predicted octanol–water partition coefficient (Wildman–Crippen LogP) is 2.61. The summed E-state index contributed by atoms with van der Waals surface area (Å²) in [6.07, 6.45) is 3.66. The van der Waals surface area contributed by atoms with Gasteiger partial charge >= 0.3 is 0 Å². The van der Waals surface area contributed by atoms with Crippen molar-refractivity contribution < 1.29 is 9.18 Å². The van der Waals surface area contributed by atoms with Crippen LogP contribution in [-0.4, -0.2) is 41.2 Å². The Morgan fingerprint density at radius 2 is 2.00 bits per heavy atom. The summed E-state index contributed by atoms with van der Waals surface area (Å²) < 4.78 is 15.0. The monoisotopic (exact) mass is 346 g/mol. The summed E-state index contributed by atoms with van der Waals surface area (Å²) in [7, 11) is 5.88. The third kappa shape index (κ3) is 5.67. The molecule has 0 fully saturated rings. The first-order valence-corrected chi connectivity index (χ1v) is 8.54. The normalized spacial score (nSPS) is 12.4. The molecule has 25 heavy (non-hydrogen) atoms. The molecule has 1 aromatic heterocycles. The molecule has 6 heteroatoms. The molecule has 1 aromatic carbocycles. The molecule has 5 nitrogen and oxygen atoms in total. The van der Waals surface area contributed by atoms with Gasteiger partial charge in [-0.05, 0) is 63.7 Å². The fourth-order valence-electron chi connectivity index (χ4n) is 2.71. The van der Waals surface area contributed by atoms with Crippen LogP contribution in [0.25, 0.3) is 0 Å². The van der Waals surface area contributed by atoms with Gasteiger partial charge in [0.25, 0.3) is 0 Å². The number of aryl methyl sites for hydroxylation is 2. The van der Waals surface area contributed by atoms with Gasteiger partial charge in [-0.15, -0.1) is 0 Å². The molecular formula is C19H27FN4O. The van der Waals surface area contributed by atoms with E-state index in [1.807, 2.05) is 38.9 Å². The molecule has 0 aliphatic carbocycles. The first-order chi connectivity index (χ1) is 11.9. The summed E-state index contributed by atoms with van der Waals surface area (Å²) in [6.45, 7) is 2.84. The maximum Gasteiger partial charge on any atom is 0.220 e. The van der Waals surface area contributed by atoms with E-state index < -0.39 is 0 Å². The lowest BCUT2D eigenvalue weighted by Crippen LogP contribution is -2.31. The van der Waals surface area contributed by atoms with Gasteiger partial charge in [0.15, 0.2) is 0 Å². The first kappa shape index (κ1) is 19.1. The molecule has 136 valence electrons. The summed E-state index contributed by atoms with van der Waals surface area (Å²) in [6, 6.07) is 6.22. The number of carbonyl (C=O) groups excluding carboxylic acids is 1. The zero-order valence-electron chi connectivity index (χ0n) is 15.4. The number of rotatable bonds is 8. The highest BCUT2D eigenvalue weighted by atomic mass is 19.1. The Labute approximate surface area is 148 Å². The van der Waals surface area contributed by atoms with E-state index in [0.717, 1.165) is 29.8 Å². The molecule has 0 radical (unpaired) electrons. The summed E-state index contributed by atoms with van der Waals surface area (Å²) in [4.78, 5) is 14.5. The Hall–Kier alpha value is -2.21. The van der Waals surface area contributed by atoms with Crippen LogP contribution in [0.4, 0.5) is 4.39 Å². The number of halogens is 1. The van der Waals surface area contributed by atoms with Crippen molar-refractivity contribution in [2.24, 2.45) is 7.05 Å². The van der Waals surface area contributed by atoms with Crippen LogP contribution in [0.2, 0.25) is 0 Å². The van der Waals surface area contributed by atoms with E-state index in [-0.39, 0.29) is 17.8 Å². The van der Waals surface area contributed by atoms with Gasteiger partial charge in [0.05, 0.1) is 12.2 Å². The van der Waals surface area contributed by atoms with Gasteiger partial charge in [0.1, 0.15) is 5.82 Å². The molecule has 1 unspecified atom stereocenters. The van der Waals surface area contributed by atoms with Gasteiger partial charge < -0.3 is 10.2 Å². The Bertz CT molecular complexity index is 694. The second-order valence-electron chi connectivity index (χ2n) is 6.64. The van der Waals surface area contributed by atoms with Crippen LogP contribution in [0.5, 0.6) is 0 Å². The van der Waals surface area contributed by atoms with Crippen molar-refractivity contribution in [3.8, 4) is 0 Å². The topological polar surface area (TPSA) is 50.2 Å². The van der Waals surface area contributed by atoms with E-state index in [0.29, 0.717) is 12.8 Å². The van der Waals surface area contributed by atoms with E-state index in [2.05, 4.69) is 15.3 Å². The molecule has 0 saturated carbocycles. The molecule has 0 aliphatic rings. The van der Waals surface area contributed by atoms with Crippen molar-refractivity contribution in [3.63, 3.8) is 0 Å². The van der Waals surface area contributed by atoms with Crippen LogP contribution in [-0.2, 0) is 18.3 Å². The maximum atomic E-state index is 13.2. The highest BCUT2D eigenvalue weighted by Crippen LogP contribution is 2.18. The molecule has 1 N–H and O–H groups in total. The zero-order valence-corrected chi connectivity index (χ0v) is 15.4. The SMILES string of the molecule is Cc1c(CCC(=O)NC(CCN(C)C)c2ccc(F)cc2)cnn1C. The van der Waals surface area contributed by atoms with Crippen LogP contribution in [0.3, 0.4) is 0 Å². The number of nitrogens with zero attached hydrogens (tertiary/aromatic N) is 3. The first-order valence-electron chi connectivity index (χ1n) is 8.54. The highest BCUT2D eigenvalue weighted by Gasteiger charge is 2.16. The largest absolute Gasteiger partial charge is 0.349 e. The average molecular weight is 346 g/mol. The number of hydrogen-bond acceptors (Lipinski definition) is 3. The number of nitrogens with one attached hydrogen (secondary N) is 1. The van der Waals surface area contributed by atoms with Crippen LogP contribution < -0.4 is 5.32 Å². The summed E-state index contributed by atoms with van der Waals surface area (Å²) in [5, 5.41) is 7.29. The molecule has 1 atom stereocenters. The van der Waals surface area contributed by atoms with Crippen molar-refractivity contribution in [1.82, 2.24) is 20.0 Å². The van der Waals surface area contributed by atoms with Crippen LogP contribution in [0.1, 0.15) is 35.7 Å². The lowest BCUT2D eigenvalue weighted by molar-refractivity contribution is -0.121. The predicted molar refractivity (Wildman–Crippen MR) is 96.7 cm³/mol. The van der Waals surface area contributed by atoms with E-state index in [1.165, 1.54) is 12.1 Å². The maximum absolute atomic E-state index is 13.2. The molecule has 0 aliphatic heterocycles. The van der Waals surface area contributed by atoms with Gasteiger partial charge in [-0.25, -0.2) is 4.39 Å². The van der Waals surface area contributed by atoms with Crippen LogP contribution in [0.15, 0.2) is 30.5 Å². The summed E-state index contributed by atoms with van der Waals surface area (Å²) in [5.74, 6) is -0.273. The molecule has 0 saturated heterocycles. The minimum Gasteiger partial charge on any atom is -0.349 e. The van der Waals surface area contributed by atoms with E-state index in [4.69, 9.17) is 0 Å². The lowest BCUT2D eigenvalue weighted by atomic mass is 10.0.